The van der Waals surface area contributed by atoms with E-state index in [1.165, 1.54) is 0 Å². The number of halogens is 2. The number of benzene rings is 1. The SMILES string of the molecule is CC(C)NCc1nc(-c2cc(F)cc(F)c2)no1. The van der Waals surface area contributed by atoms with E-state index in [1.807, 2.05) is 13.8 Å². The van der Waals surface area contributed by atoms with Gasteiger partial charge in [0, 0.05) is 17.7 Å². The summed E-state index contributed by atoms with van der Waals surface area (Å²) in [5.74, 6) is -0.786. The van der Waals surface area contributed by atoms with Crippen molar-refractivity contribution in [2.24, 2.45) is 0 Å². The number of rotatable bonds is 4. The van der Waals surface area contributed by atoms with Crippen molar-refractivity contribution in [3.05, 3.63) is 35.7 Å². The van der Waals surface area contributed by atoms with E-state index in [4.69, 9.17) is 4.52 Å². The van der Waals surface area contributed by atoms with Crippen molar-refractivity contribution >= 4 is 0 Å². The van der Waals surface area contributed by atoms with E-state index in [9.17, 15) is 8.78 Å². The molecule has 4 nitrogen and oxygen atoms in total. The highest BCUT2D eigenvalue weighted by molar-refractivity contribution is 5.54. The lowest BCUT2D eigenvalue weighted by Gasteiger charge is -2.02. The van der Waals surface area contributed by atoms with Gasteiger partial charge < -0.3 is 9.84 Å². The van der Waals surface area contributed by atoms with Gasteiger partial charge in [0.15, 0.2) is 0 Å². The van der Waals surface area contributed by atoms with Crippen molar-refractivity contribution in [3.63, 3.8) is 0 Å². The van der Waals surface area contributed by atoms with E-state index in [0.29, 0.717) is 12.4 Å². The zero-order chi connectivity index (χ0) is 13.1. The normalized spacial score (nSPS) is 11.2. The summed E-state index contributed by atoms with van der Waals surface area (Å²) in [6, 6.07) is 3.40. The van der Waals surface area contributed by atoms with Crippen LogP contribution in [0.25, 0.3) is 11.4 Å². The van der Waals surface area contributed by atoms with Crippen LogP contribution in [0.4, 0.5) is 8.78 Å². The van der Waals surface area contributed by atoms with Gasteiger partial charge in [0.25, 0.3) is 0 Å². The molecule has 0 saturated heterocycles. The Balaban J connectivity index is 2.18. The third kappa shape index (κ3) is 3.10. The molecule has 0 bridgehead atoms. The zero-order valence-corrected chi connectivity index (χ0v) is 10.1. The second-order valence-corrected chi connectivity index (χ2v) is 4.21. The van der Waals surface area contributed by atoms with E-state index in [0.717, 1.165) is 18.2 Å². The average molecular weight is 253 g/mol. The lowest BCUT2D eigenvalue weighted by atomic mass is 10.2. The highest BCUT2D eigenvalue weighted by Gasteiger charge is 2.11. The van der Waals surface area contributed by atoms with Gasteiger partial charge in [-0.05, 0) is 12.1 Å². The first-order valence-corrected chi connectivity index (χ1v) is 5.57. The molecular formula is C12H13F2N3O. The molecule has 2 rings (SSSR count). The van der Waals surface area contributed by atoms with Gasteiger partial charge in [0.05, 0.1) is 6.54 Å². The second-order valence-electron chi connectivity index (χ2n) is 4.21. The first kappa shape index (κ1) is 12.6. The van der Waals surface area contributed by atoms with Crippen molar-refractivity contribution in [2.75, 3.05) is 0 Å². The van der Waals surface area contributed by atoms with Gasteiger partial charge in [0.2, 0.25) is 11.7 Å². The lowest BCUT2D eigenvalue weighted by molar-refractivity contribution is 0.362. The van der Waals surface area contributed by atoms with Gasteiger partial charge in [-0.3, -0.25) is 0 Å². The largest absolute Gasteiger partial charge is 0.338 e. The molecule has 0 aliphatic carbocycles. The van der Waals surface area contributed by atoms with Crippen molar-refractivity contribution in [2.45, 2.75) is 26.4 Å². The molecule has 0 aliphatic heterocycles. The van der Waals surface area contributed by atoms with E-state index in [1.54, 1.807) is 0 Å². The van der Waals surface area contributed by atoms with Crippen LogP contribution in [-0.2, 0) is 6.54 Å². The van der Waals surface area contributed by atoms with Crippen LogP contribution in [-0.4, -0.2) is 16.2 Å². The Bertz CT molecular complexity index is 520. The molecule has 18 heavy (non-hydrogen) atoms. The summed E-state index contributed by atoms with van der Waals surface area (Å²) in [6.07, 6.45) is 0. The highest BCUT2D eigenvalue weighted by Crippen LogP contribution is 2.18. The number of nitrogens with one attached hydrogen (secondary N) is 1. The molecule has 0 saturated carbocycles. The zero-order valence-electron chi connectivity index (χ0n) is 10.1. The Labute approximate surface area is 103 Å². The van der Waals surface area contributed by atoms with Gasteiger partial charge in [0.1, 0.15) is 11.6 Å². The Morgan fingerprint density at radius 2 is 1.89 bits per heavy atom. The van der Waals surface area contributed by atoms with Crippen LogP contribution in [0.1, 0.15) is 19.7 Å². The summed E-state index contributed by atoms with van der Waals surface area (Å²) in [5.41, 5.74) is 0.257. The Hall–Kier alpha value is -1.82. The van der Waals surface area contributed by atoms with E-state index < -0.39 is 11.6 Å². The standard InChI is InChI=1S/C12H13F2N3O/c1-7(2)15-6-11-16-12(17-18-11)8-3-9(13)5-10(14)4-8/h3-5,7,15H,6H2,1-2H3. The van der Waals surface area contributed by atoms with Gasteiger partial charge >= 0.3 is 0 Å². The average Bonchev–Trinajstić information content (AvgIpc) is 2.73. The van der Waals surface area contributed by atoms with Gasteiger partial charge in [-0.1, -0.05) is 19.0 Å². The van der Waals surface area contributed by atoms with Gasteiger partial charge in [-0.25, -0.2) is 8.78 Å². The molecule has 96 valence electrons. The fourth-order valence-electron chi connectivity index (χ4n) is 1.42. The van der Waals surface area contributed by atoms with Crippen molar-refractivity contribution in [1.82, 2.24) is 15.5 Å². The molecule has 0 unspecified atom stereocenters. The van der Waals surface area contributed by atoms with E-state index in [2.05, 4.69) is 15.5 Å². The summed E-state index contributed by atoms with van der Waals surface area (Å²) in [4.78, 5) is 4.06. The molecule has 1 N–H and O–H groups in total. The topological polar surface area (TPSA) is 51.0 Å². The fourth-order valence-corrected chi connectivity index (χ4v) is 1.42. The van der Waals surface area contributed by atoms with Crippen LogP contribution in [0.15, 0.2) is 22.7 Å². The molecule has 0 radical (unpaired) electrons. The van der Waals surface area contributed by atoms with Gasteiger partial charge in [-0.15, -0.1) is 0 Å². The molecule has 1 heterocycles. The van der Waals surface area contributed by atoms with Crippen LogP contribution in [0.5, 0.6) is 0 Å². The maximum absolute atomic E-state index is 13.0. The van der Waals surface area contributed by atoms with Crippen LogP contribution in [0, 0.1) is 11.6 Å². The number of hydrogen-bond acceptors (Lipinski definition) is 4. The molecule has 0 aliphatic rings. The Morgan fingerprint density at radius 1 is 1.22 bits per heavy atom. The van der Waals surface area contributed by atoms with Gasteiger partial charge in [-0.2, -0.15) is 4.98 Å². The summed E-state index contributed by atoms with van der Waals surface area (Å²) in [5, 5.41) is 6.79. The maximum atomic E-state index is 13.0. The molecule has 0 amide bonds. The molecule has 6 heteroatoms. The first-order valence-electron chi connectivity index (χ1n) is 5.57. The fraction of sp³-hybridized carbons (Fsp3) is 0.333. The molecule has 0 fully saturated rings. The summed E-state index contributed by atoms with van der Waals surface area (Å²) in [6.45, 7) is 4.39. The highest BCUT2D eigenvalue weighted by atomic mass is 19.1. The minimum absolute atomic E-state index is 0.175. The minimum atomic E-state index is -0.670. The Kier molecular flexibility index (Phi) is 3.66. The van der Waals surface area contributed by atoms with Crippen molar-refractivity contribution in [1.29, 1.82) is 0 Å². The molecule has 1 aromatic heterocycles. The van der Waals surface area contributed by atoms with Crippen molar-refractivity contribution in [3.8, 4) is 11.4 Å². The molecular weight excluding hydrogens is 240 g/mol. The Morgan fingerprint density at radius 3 is 2.50 bits per heavy atom. The third-order valence-electron chi connectivity index (χ3n) is 2.25. The quantitative estimate of drug-likeness (QED) is 0.909. The lowest BCUT2D eigenvalue weighted by Crippen LogP contribution is -2.21. The van der Waals surface area contributed by atoms with Crippen LogP contribution >= 0.6 is 0 Å². The molecule has 0 atom stereocenters. The van der Waals surface area contributed by atoms with Crippen LogP contribution < -0.4 is 5.32 Å². The molecule has 0 spiro atoms. The van der Waals surface area contributed by atoms with Crippen LogP contribution in [0.2, 0.25) is 0 Å². The number of hydrogen-bond donors (Lipinski definition) is 1. The number of aromatic nitrogens is 2. The smallest absolute Gasteiger partial charge is 0.240 e. The maximum Gasteiger partial charge on any atom is 0.240 e. The first-order chi connectivity index (χ1) is 8.54. The minimum Gasteiger partial charge on any atom is -0.338 e. The summed E-state index contributed by atoms with van der Waals surface area (Å²) >= 11 is 0. The summed E-state index contributed by atoms with van der Waals surface area (Å²) < 4.78 is 31.1. The number of nitrogens with zero attached hydrogens (tertiary/aromatic N) is 2. The third-order valence-corrected chi connectivity index (χ3v) is 2.25. The monoisotopic (exact) mass is 253 g/mol. The predicted octanol–water partition coefficient (Wildman–Crippen LogP) is 2.51. The molecule has 2 aromatic rings. The summed E-state index contributed by atoms with van der Waals surface area (Å²) in [7, 11) is 0. The van der Waals surface area contributed by atoms with Crippen molar-refractivity contribution < 1.29 is 13.3 Å². The predicted molar refractivity (Wildman–Crippen MR) is 61.6 cm³/mol. The molecule has 1 aromatic carbocycles. The van der Waals surface area contributed by atoms with Crippen LogP contribution in [0.3, 0.4) is 0 Å². The second kappa shape index (κ2) is 5.22. The van der Waals surface area contributed by atoms with E-state index in [-0.39, 0.29) is 17.4 Å². The van der Waals surface area contributed by atoms with E-state index >= 15 is 0 Å².